The van der Waals surface area contributed by atoms with E-state index < -0.39 is 0 Å². The van der Waals surface area contributed by atoms with Crippen LogP contribution in [0.25, 0.3) is 10.8 Å². The van der Waals surface area contributed by atoms with E-state index in [0.717, 1.165) is 22.1 Å². The molecule has 0 saturated carbocycles. The lowest BCUT2D eigenvalue weighted by Crippen LogP contribution is -2.40. The lowest BCUT2D eigenvalue weighted by atomic mass is 9.85. The molecule has 0 spiro atoms. The Hall–Kier alpha value is -2.66. The Bertz CT molecular complexity index is 895. The molecule has 0 N–H and O–H groups in total. The van der Waals surface area contributed by atoms with Crippen LogP contribution in [0.1, 0.15) is 18.4 Å². The normalized spacial score (nSPS) is 22.0. The summed E-state index contributed by atoms with van der Waals surface area (Å²) < 4.78 is 5.27. The van der Waals surface area contributed by atoms with Crippen molar-refractivity contribution < 1.29 is 14.3 Å². The molecule has 2 unspecified atom stereocenters. The summed E-state index contributed by atoms with van der Waals surface area (Å²) in [6.45, 7) is 1.01. The number of methoxy groups -OCH3 is 1. The molecule has 2 atom stereocenters. The molecule has 5 nitrogen and oxygen atoms in total. The van der Waals surface area contributed by atoms with Crippen molar-refractivity contribution in [1.29, 1.82) is 0 Å². The number of allylic oxidation sites excluding steroid dienone is 2. The van der Waals surface area contributed by atoms with E-state index in [-0.39, 0.29) is 23.7 Å². The number of hydrogen-bond acceptors (Lipinski definition) is 4. The van der Waals surface area contributed by atoms with Crippen LogP contribution in [-0.2, 0) is 16.1 Å². The number of hydrogen-bond donors (Lipinski definition) is 0. The molecule has 1 fully saturated rings. The van der Waals surface area contributed by atoms with Crippen molar-refractivity contribution in [1.82, 2.24) is 9.80 Å². The predicted molar refractivity (Wildman–Crippen MR) is 104 cm³/mol. The fraction of sp³-hybridized carbons (Fsp3) is 0.364. The number of carbonyl (C=O) groups excluding carboxylic acids is 2. The molecule has 1 saturated heterocycles. The molecule has 140 valence electrons. The number of likely N-dealkylation sites (tertiary alicyclic amines) is 1. The van der Waals surface area contributed by atoms with Gasteiger partial charge in [-0.25, -0.2) is 0 Å². The number of imide groups is 1. The Morgan fingerprint density at radius 3 is 2.30 bits per heavy atom. The fourth-order valence-corrected chi connectivity index (χ4v) is 4.11. The second-order valence-electron chi connectivity index (χ2n) is 7.46. The Kier molecular flexibility index (Phi) is 4.70. The Morgan fingerprint density at radius 2 is 1.63 bits per heavy atom. The van der Waals surface area contributed by atoms with E-state index in [1.807, 2.05) is 42.3 Å². The van der Waals surface area contributed by atoms with Crippen molar-refractivity contribution in [2.45, 2.75) is 19.4 Å². The number of rotatable bonds is 5. The molecular weight excluding hydrogens is 340 g/mol. The van der Waals surface area contributed by atoms with Gasteiger partial charge in [-0.2, -0.15) is 0 Å². The first-order valence-corrected chi connectivity index (χ1v) is 9.32. The topological polar surface area (TPSA) is 49.9 Å². The van der Waals surface area contributed by atoms with Gasteiger partial charge in [0.1, 0.15) is 5.75 Å². The van der Waals surface area contributed by atoms with Gasteiger partial charge in [0.15, 0.2) is 0 Å². The van der Waals surface area contributed by atoms with E-state index >= 15 is 0 Å². The minimum absolute atomic E-state index is 0.0215. The molecule has 2 aliphatic rings. The lowest BCUT2D eigenvalue weighted by Gasteiger charge is -2.23. The predicted octanol–water partition coefficient (Wildman–Crippen LogP) is 3.19. The van der Waals surface area contributed by atoms with Crippen LogP contribution in [0, 0.1) is 11.8 Å². The molecule has 0 radical (unpaired) electrons. The summed E-state index contributed by atoms with van der Waals surface area (Å²) >= 11 is 0. The minimum atomic E-state index is -0.161. The monoisotopic (exact) mass is 364 g/mol. The number of nitrogens with zero attached hydrogens (tertiary/aromatic N) is 2. The van der Waals surface area contributed by atoms with Gasteiger partial charge in [-0.05, 0) is 54.4 Å². The quantitative estimate of drug-likeness (QED) is 0.604. The van der Waals surface area contributed by atoms with Crippen LogP contribution in [0.5, 0.6) is 5.75 Å². The molecule has 4 rings (SSSR count). The average molecular weight is 364 g/mol. The van der Waals surface area contributed by atoms with Gasteiger partial charge >= 0.3 is 0 Å². The van der Waals surface area contributed by atoms with E-state index in [4.69, 9.17) is 4.74 Å². The smallest absolute Gasteiger partial charge is 0.234 e. The van der Waals surface area contributed by atoms with Gasteiger partial charge in [0.25, 0.3) is 0 Å². The number of fused-ring (bicyclic) bond motifs is 2. The minimum Gasteiger partial charge on any atom is -0.497 e. The van der Waals surface area contributed by atoms with Crippen LogP contribution in [0.2, 0.25) is 0 Å². The standard InChI is InChI=1S/C22H24N2O3/c1-23(14-24-21(25)19-5-3-4-6-20(19)22(24)26)13-15-7-8-17-12-18(27-2)10-9-16(17)11-15/h3-4,7-12,19-20H,5-6,13-14H2,1-2H3. The second-order valence-corrected chi connectivity index (χ2v) is 7.46. The summed E-state index contributed by atoms with van der Waals surface area (Å²) in [7, 11) is 3.61. The van der Waals surface area contributed by atoms with E-state index in [2.05, 4.69) is 18.2 Å². The van der Waals surface area contributed by atoms with Crippen molar-refractivity contribution in [3.05, 3.63) is 54.1 Å². The number of benzene rings is 2. The highest BCUT2D eigenvalue weighted by molar-refractivity contribution is 6.05. The largest absolute Gasteiger partial charge is 0.497 e. The van der Waals surface area contributed by atoms with Gasteiger partial charge in [-0.3, -0.25) is 19.4 Å². The summed E-state index contributed by atoms with van der Waals surface area (Å²) in [6, 6.07) is 12.3. The zero-order valence-electron chi connectivity index (χ0n) is 15.7. The van der Waals surface area contributed by atoms with Crippen LogP contribution in [0.4, 0.5) is 0 Å². The van der Waals surface area contributed by atoms with E-state index in [1.165, 1.54) is 4.90 Å². The van der Waals surface area contributed by atoms with Crippen LogP contribution in [0.3, 0.4) is 0 Å². The van der Waals surface area contributed by atoms with Gasteiger partial charge < -0.3 is 4.74 Å². The molecule has 27 heavy (non-hydrogen) atoms. The number of ether oxygens (including phenoxy) is 1. The molecule has 0 bridgehead atoms. The first-order chi connectivity index (χ1) is 13.1. The molecule has 1 heterocycles. The molecule has 2 aromatic rings. The Morgan fingerprint density at radius 1 is 1.00 bits per heavy atom. The lowest BCUT2D eigenvalue weighted by molar-refractivity contribution is -0.142. The zero-order valence-corrected chi connectivity index (χ0v) is 15.7. The van der Waals surface area contributed by atoms with Crippen LogP contribution in [0.15, 0.2) is 48.6 Å². The van der Waals surface area contributed by atoms with Crippen molar-refractivity contribution in [3.63, 3.8) is 0 Å². The van der Waals surface area contributed by atoms with Crippen LogP contribution in [-0.4, -0.2) is 42.4 Å². The zero-order chi connectivity index (χ0) is 19.0. The average Bonchev–Trinajstić information content (AvgIpc) is 2.92. The molecule has 5 heteroatoms. The maximum Gasteiger partial charge on any atom is 0.234 e. The highest BCUT2D eigenvalue weighted by Crippen LogP contribution is 2.35. The third-order valence-electron chi connectivity index (χ3n) is 5.55. The molecular formula is C22H24N2O3. The summed E-state index contributed by atoms with van der Waals surface area (Å²) in [5.74, 6) is 0.478. The van der Waals surface area contributed by atoms with E-state index in [1.54, 1.807) is 7.11 Å². The SMILES string of the molecule is COc1ccc2cc(CN(C)CN3C(=O)C4CC=CCC4C3=O)ccc2c1. The van der Waals surface area contributed by atoms with Gasteiger partial charge in [0.2, 0.25) is 11.8 Å². The number of amides is 2. The summed E-state index contributed by atoms with van der Waals surface area (Å²) in [5.41, 5.74) is 1.15. The molecule has 1 aliphatic carbocycles. The van der Waals surface area contributed by atoms with Crippen molar-refractivity contribution >= 4 is 22.6 Å². The highest BCUT2D eigenvalue weighted by Gasteiger charge is 2.47. The molecule has 1 aliphatic heterocycles. The molecule has 2 aromatic carbocycles. The summed E-state index contributed by atoms with van der Waals surface area (Å²) in [4.78, 5) is 28.7. The first kappa shape index (κ1) is 17.7. The van der Waals surface area contributed by atoms with Gasteiger partial charge in [-0.1, -0.05) is 30.4 Å². The molecule has 0 aromatic heterocycles. The van der Waals surface area contributed by atoms with Gasteiger partial charge in [0.05, 0.1) is 25.6 Å². The summed E-state index contributed by atoms with van der Waals surface area (Å²) in [5, 5.41) is 2.27. The third kappa shape index (κ3) is 3.35. The maximum atomic E-state index is 12.6. The Balaban J connectivity index is 1.45. The van der Waals surface area contributed by atoms with Gasteiger partial charge in [0, 0.05) is 6.54 Å². The number of carbonyl (C=O) groups is 2. The second kappa shape index (κ2) is 7.16. The van der Waals surface area contributed by atoms with Crippen LogP contribution >= 0.6 is 0 Å². The van der Waals surface area contributed by atoms with Gasteiger partial charge in [-0.15, -0.1) is 0 Å². The van der Waals surface area contributed by atoms with E-state index in [9.17, 15) is 9.59 Å². The van der Waals surface area contributed by atoms with Crippen molar-refractivity contribution in [3.8, 4) is 5.75 Å². The summed E-state index contributed by atoms with van der Waals surface area (Å²) in [6.07, 6.45) is 5.40. The Labute approximate surface area is 159 Å². The first-order valence-electron chi connectivity index (χ1n) is 9.32. The van der Waals surface area contributed by atoms with E-state index in [0.29, 0.717) is 26.1 Å². The van der Waals surface area contributed by atoms with Crippen molar-refractivity contribution in [2.24, 2.45) is 11.8 Å². The highest BCUT2D eigenvalue weighted by atomic mass is 16.5. The fourth-order valence-electron chi connectivity index (χ4n) is 4.11. The van der Waals surface area contributed by atoms with Crippen molar-refractivity contribution in [2.75, 3.05) is 20.8 Å². The van der Waals surface area contributed by atoms with Crippen LogP contribution < -0.4 is 4.74 Å². The third-order valence-corrected chi connectivity index (χ3v) is 5.55. The molecule has 2 amide bonds. The maximum absolute atomic E-state index is 12.6.